The van der Waals surface area contributed by atoms with E-state index in [1.807, 2.05) is 19.1 Å². The topological polar surface area (TPSA) is 45.4 Å². The molecule has 1 heterocycles. The van der Waals surface area contributed by atoms with E-state index in [2.05, 4.69) is 5.32 Å². The van der Waals surface area contributed by atoms with Crippen LogP contribution in [0.25, 0.3) is 0 Å². The molecule has 3 fully saturated rings. The van der Waals surface area contributed by atoms with Gasteiger partial charge in [0.25, 0.3) is 0 Å². The summed E-state index contributed by atoms with van der Waals surface area (Å²) in [5, 5.41) is 14.2. The molecule has 3 nitrogen and oxygen atoms in total. The summed E-state index contributed by atoms with van der Waals surface area (Å²) in [5.74, 6) is 4.48. The highest BCUT2D eigenvalue weighted by Gasteiger charge is 2.53. The molecule has 6 unspecified atom stereocenters. The Kier molecular flexibility index (Phi) is 2.97. The molecule has 0 saturated heterocycles. The molecule has 1 aromatic heterocycles. The lowest BCUT2D eigenvalue weighted by molar-refractivity contribution is 0.0274. The summed E-state index contributed by atoms with van der Waals surface area (Å²) in [6.45, 7) is 2.43. The number of rotatable bonds is 4. The molecule has 0 spiro atoms. The number of furan rings is 1. The fraction of sp³-hybridized carbons (Fsp3) is 0.765. The van der Waals surface area contributed by atoms with Gasteiger partial charge in [-0.3, -0.25) is 0 Å². The van der Waals surface area contributed by atoms with Crippen LogP contribution in [0, 0.1) is 23.7 Å². The summed E-state index contributed by atoms with van der Waals surface area (Å²) < 4.78 is 5.35. The van der Waals surface area contributed by atoms with Crippen molar-refractivity contribution in [3.05, 3.63) is 24.2 Å². The molecule has 110 valence electrons. The number of fused-ring (bicyclic) bond motifs is 5. The Balaban J connectivity index is 1.39. The standard InChI is InChI=1S/C17H25NO2/c1-17(19,16-6-3-7-20-16)10-18-15-9-11-8-14(15)13-5-2-4-12(11)13/h3,6-7,11-15,18-19H,2,4-5,8-10H2,1H3. The largest absolute Gasteiger partial charge is 0.466 e. The number of hydrogen-bond donors (Lipinski definition) is 2. The zero-order valence-electron chi connectivity index (χ0n) is 12.2. The van der Waals surface area contributed by atoms with E-state index in [1.54, 1.807) is 6.26 Å². The van der Waals surface area contributed by atoms with E-state index in [0.29, 0.717) is 18.3 Å². The minimum absolute atomic E-state index is 0.589. The summed E-state index contributed by atoms with van der Waals surface area (Å²) in [4.78, 5) is 0. The minimum atomic E-state index is -0.902. The zero-order valence-corrected chi connectivity index (χ0v) is 12.2. The highest BCUT2D eigenvalue weighted by atomic mass is 16.4. The Bertz CT molecular complexity index is 467. The number of nitrogens with one attached hydrogen (secondary N) is 1. The molecule has 0 aliphatic heterocycles. The molecule has 6 atom stereocenters. The molecule has 3 aliphatic rings. The van der Waals surface area contributed by atoms with Gasteiger partial charge in [-0.05, 0) is 68.4 Å². The first-order chi connectivity index (χ1) is 9.65. The van der Waals surface area contributed by atoms with Crippen molar-refractivity contribution in [3.63, 3.8) is 0 Å². The van der Waals surface area contributed by atoms with E-state index in [0.717, 1.165) is 23.7 Å². The number of aliphatic hydroxyl groups is 1. The van der Waals surface area contributed by atoms with Crippen LogP contribution in [0.15, 0.2) is 22.8 Å². The Morgan fingerprint density at radius 2 is 2.15 bits per heavy atom. The van der Waals surface area contributed by atoms with Gasteiger partial charge in [0.05, 0.1) is 6.26 Å². The summed E-state index contributed by atoms with van der Waals surface area (Å²) in [6.07, 6.45) is 8.74. The second-order valence-electron chi connectivity index (χ2n) is 7.39. The van der Waals surface area contributed by atoms with E-state index in [-0.39, 0.29) is 0 Å². The van der Waals surface area contributed by atoms with Gasteiger partial charge in [0.1, 0.15) is 11.4 Å². The lowest BCUT2D eigenvalue weighted by Crippen LogP contribution is -2.45. The van der Waals surface area contributed by atoms with Crippen LogP contribution in [-0.4, -0.2) is 17.7 Å². The average Bonchev–Trinajstić information content (AvgIpc) is 3.15. The normalized spacial score (nSPS) is 41.8. The van der Waals surface area contributed by atoms with E-state index >= 15 is 0 Å². The predicted octanol–water partition coefficient (Wildman–Crippen LogP) is 2.90. The van der Waals surface area contributed by atoms with Crippen LogP contribution in [0.4, 0.5) is 0 Å². The first-order valence-electron chi connectivity index (χ1n) is 8.15. The molecule has 2 N–H and O–H groups in total. The van der Waals surface area contributed by atoms with Crippen molar-refractivity contribution in [2.45, 2.75) is 50.7 Å². The van der Waals surface area contributed by atoms with E-state index < -0.39 is 5.60 Å². The number of hydrogen-bond acceptors (Lipinski definition) is 3. The Morgan fingerprint density at radius 1 is 1.30 bits per heavy atom. The van der Waals surface area contributed by atoms with Crippen molar-refractivity contribution in [3.8, 4) is 0 Å². The lowest BCUT2D eigenvalue weighted by atomic mass is 9.79. The molecular formula is C17H25NO2. The monoisotopic (exact) mass is 275 g/mol. The van der Waals surface area contributed by atoms with Gasteiger partial charge in [0, 0.05) is 12.6 Å². The Morgan fingerprint density at radius 3 is 2.95 bits per heavy atom. The zero-order chi connectivity index (χ0) is 13.7. The third-order valence-corrected chi connectivity index (χ3v) is 6.19. The second-order valence-corrected chi connectivity index (χ2v) is 7.39. The van der Waals surface area contributed by atoms with Gasteiger partial charge in [-0.25, -0.2) is 0 Å². The maximum absolute atomic E-state index is 10.5. The fourth-order valence-electron chi connectivity index (χ4n) is 5.30. The van der Waals surface area contributed by atoms with Gasteiger partial charge < -0.3 is 14.8 Å². The molecule has 3 heteroatoms. The van der Waals surface area contributed by atoms with Gasteiger partial charge in [-0.1, -0.05) is 6.42 Å². The molecule has 3 saturated carbocycles. The predicted molar refractivity (Wildman–Crippen MR) is 77.1 cm³/mol. The molecule has 4 rings (SSSR count). The van der Waals surface area contributed by atoms with Crippen LogP contribution in [0.2, 0.25) is 0 Å². The van der Waals surface area contributed by atoms with E-state index in [4.69, 9.17) is 4.42 Å². The molecule has 20 heavy (non-hydrogen) atoms. The summed E-state index contributed by atoms with van der Waals surface area (Å²) in [5.41, 5.74) is -0.902. The first-order valence-corrected chi connectivity index (χ1v) is 8.15. The molecule has 0 aromatic carbocycles. The molecule has 2 bridgehead atoms. The highest BCUT2D eigenvalue weighted by Crippen LogP contribution is 2.58. The second kappa shape index (κ2) is 4.60. The van der Waals surface area contributed by atoms with Gasteiger partial charge in [-0.2, -0.15) is 0 Å². The van der Waals surface area contributed by atoms with Crippen LogP contribution in [0.3, 0.4) is 0 Å². The average molecular weight is 275 g/mol. The fourth-order valence-corrected chi connectivity index (χ4v) is 5.30. The SMILES string of the molecule is CC(O)(CNC1CC2CC1C1CCCC21)c1ccco1. The van der Waals surface area contributed by atoms with Crippen LogP contribution in [0.1, 0.15) is 44.8 Å². The van der Waals surface area contributed by atoms with Gasteiger partial charge in [0.2, 0.25) is 0 Å². The Hall–Kier alpha value is -0.800. The van der Waals surface area contributed by atoms with E-state index in [9.17, 15) is 5.11 Å². The smallest absolute Gasteiger partial charge is 0.136 e. The molecular weight excluding hydrogens is 250 g/mol. The molecule has 3 aliphatic carbocycles. The summed E-state index contributed by atoms with van der Waals surface area (Å²) in [7, 11) is 0. The maximum atomic E-state index is 10.5. The van der Waals surface area contributed by atoms with Crippen molar-refractivity contribution in [2.24, 2.45) is 23.7 Å². The van der Waals surface area contributed by atoms with Gasteiger partial charge >= 0.3 is 0 Å². The Labute approximate surface area is 120 Å². The molecule has 0 radical (unpaired) electrons. The van der Waals surface area contributed by atoms with Gasteiger partial charge in [0.15, 0.2) is 0 Å². The van der Waals surface area contributed by atoms with Crippen LogP contribution >= 0.6 is 0 Å². The lowest BCUT2D eigenvalue weighted by Gasteiger charge is -2.34. The molecule has 1 aromatic rings. The summed E-state index contributed by atoms with van der Waals surface area (Å²) >= 11 is 0. The van der Waals surface area contributed by atoms with Crippen molar-refractivity contribution < 1.29 is 9.52 Å². The van der Waals surface area contributed by atoms with E-state index in [1.165, 1.54) is 32.1 Å². The van der Waals surface area contributed by atoms with Crippen LogP contribution < -0.4 is 5.32 Å². The minimum Gasteiger partial charge on any atom is -0.466 e. The van der Waals surface area contributed by atoms with Crippen molar-refractivity contribution in [1.82, 2.24) is 5.32 Å². The summed E-state index contributed by atoms with van der Waals surface area (Å²) in [6, 6.07) is 4.31. The van der Waals surface area contributed by atoms with Crippen molar-refractivity contribution in [1.29, 1.82) is 0 Å². The third kappa shape index (κ3) is 1.94. The quantitative estimate of drug-likeness (QED) is 0.888. The van der Waals surface area contributed by atoms with Crippen molar-refractivity contribution >= 4 is 0 Å². The first kappa shape index (κ1) is 12.9. The van der Waals surface area contributed by atoms with Crippen molar-refractivity contribution in [2.75, 3.05) is 6.54 Å². The highest BCUT2D eigenvalue weighted by molar-refractivity contribution is 5.10. The molecule has 0 amide bonds. The van der Waals surface area contributed by atoms with Gasteiger partial charge in [-0.15, -0.1) is 0 Å². The third-order valence-electron chi connectivity index (χ3n) is 6.19. The van der Waals surface area contributed by atoms with Crippen LogP contribution in [0.5, 0.6) is 0 Å². The maximum Gasteiger partial charge on any atom is 0.136 e. The van der Waals surface area contributed by atoms with Crippen LogP contribution in [-0.2, 0) is 5.60 Å².